The van der Waals surface area contributed by atoms with Crippen LogP contribution in [0.4, 0.5) is 0 Å². The molecule has 0 N–H and O–H groups in total. The van der Waals surface area contributed by atoms with Crippen LogP contribution >= 0.6 is 0 Å². The molecule has 0 aliphatic rings. The van der Waals surface area contributed by atoms with Gasteiger partial charge in [-0.3, -0.25) is 0 Å². The standard InChI is InChI=1S/C19H16O5/c1-11-6-12(2)8-15(7-11)23-18(20)16-9-13-4-5-14(22-3)10-17(13)24-19(16)21/h4-10H,1-3H3. The van der Waals surface area contributed by atoms with Crippen LogP contribution in [-0.4, -0.2) is 13.1 Å². The molecular weight excluding hydrogens is 308 g/mol. The zero-order chi connectivity index (χ0) is 17.3. The predicted octanol–water partition coefficient (Wildman–Crippen LogP) is 3.64. The molecule has 5 nitrogen and oxygen atoms in total. The second-order valence-corrected chi connectivity index (χ2v) is 5.56. The van der Waals surface area contributed by atoms with E-state index < -0.39 is 11.6 Å². The highest BCUT2D eigenvalue weighted by Crippen LogP contribution is 2.21. The molecule has 0 saturated heterocycles. The summed E-state index contributed by atoms with van der Waals surface area (Å²) in [4.78, 5) is 24.4. The average molecular weight is 324 g/mol. The number of aryl methyl sites for hydroxylation is 2. The lowest BCUT2D eigenvalue weighted by molar-refractivity contribution is 0.0730. The van der Waals surface area contributed by atoms with Gasteiger partial charge in [0.1, 0.15) is 22.6 Å². The lowest BCUT2D eigenvalue weighted by Crippen LogP contribution is -2.18. The fourth-order valence-corrected chi connectivity index (χ4v) is 2.51. The molecule has 0 amide bonds. The molecule has 3 aromatic rings. The lowest BCUT2D eigenvalue weighted by atomic mass is 10.1. The Kier molecular flexibility index (Phi) is 4.08. The van der Waals surface area contributed by atoms with Crippen LogP contribution in [-0.2, 0) is 0 Å². The van der Waals surface area contributed by atoms with Crippen LogP contribution < -0.4 is 15.1 Å². The van der Waals surface area contributed by atoms with Gasteiger partial charge in [0.15, 0.2) is 0 Å². The first-order valence-electron chi connectivity index (χ1n) is 7.38. The molecule has 1 aromatic heterocycles. The summed E-state index contributed by atoms with van der Waals surface area (Å²) in [5.74, 6) is 0.217. The number of benzene rings is 2. The van der Waals surface area contributed by atoms with Crippen LogP contribution in [0.1, 0.15) is 21.5 Å². The van der Waals surface area contributed by atoms with Crippen LogP contribution in [0.3, 0.4) is 0 Å². The SMILES string of the molecule is COc1ccc2cc(C(=O)Oc3cc(C)cc(C)c3)c(=O)oc2c1. The molecule has 0 unspecified atom stereocenters. The summed E-state index contributed by atoms with van der Waals surface area (Å²) in [6, 6.07) is 11.9. The molecule has 5 heteroatoms. The number of rotatable bonds is 3. The third-order valence-electron chi connectivity index (χ3n) is 3.57. The number of ether oxygens (including phenoxy) is 2. The van der Waals surface area contributed by atoms with Crippen molar-refractivity contribution in [3.05, 3.63) is 69.6 Å². The Balaban J connectivity index is 1.97. The van der Waals surface area contributed by atoms with E-state index in [0.29, 0.717) is 22.5 Å². The third-order valence-corrected chi connectivity index (χ3v) is 3.57. The summed E-state index contributed by atoms with van der Waals surface area (Å²) < 4.78 is 15.6. The fraction of sp³-hybridized carbons (Fsp3) is 0.158. The van der Waals surface area contributed by atoms with Gasteiger partial charge >= 0.3 is 11.6 Å². The summed E-state index contributed by atoms with van der Waals surface area (Å²) in [6.07, 6.45) is 0. The van der Waals surface area contributed by atoms with Crippen molar-refractivity contribution in [3.8, 4) is 11.5 Å². The number of carbonyl (C=O) groups excluding carboxylic acids is 1. The molecular formula is C19H16O5. The van der Waals surface area contributed by atoms with E-state index >= 15 is 0 Å². The summed E-state index contributed by atoms with van der Waals surface area (Å²) >= 11 is 0. The van der Waals surface area contributed by atoms with Gasteiger partial charge in [-0.25, -0.2) is 9.59 Å². The Bertz CT molecular complexity index is 964. The van der Waals surface area contributed by atoms with Gasteiger partial charge < -0.3 is 13.9 Å². The average Bonchev–Trinajstić information content (AvgIpc) is 2.52. The normalized spacial score (nSPS) is 10.6. The van der Waals surface area contributed by atoms with Crippen LogP contribution in [0.5, 0.6) is 11.5 Å². The van der Waals surface area contributed by atoms with Crippen molar-refractivity contribution >= 4 is 16.9 Å². The van der Waals surface area contributed by atoms with Crippen LogP contribution in [0.2, 0.25) is 0 Å². The Labute approximate surface area is 138 Å². The molecule has 0 fully saturated rings. The van der Waals surface area contributed by atoms with E-state index in [2.05, 4.69) is 0 Å². The Morgan fingerprint density at radius 3 is 2.33 bits per heavy atom. The van der Waals surface area contributed by atoms with Gasteiger partial charge in [0.05, 0.1) is 7.11 Å². The van der Waals surface area contributed by atoms with E-state index in [1.807, 2.05) is 19.9 Å². The molecule has 2 aromatic carbocycles. The van der Waals surface area contributed by atoms with E-state index in [-0.39, 0.29) is 5.56 Å². The minimum atomic E-state index is -0.745. The summed E-state index contributed by atoms with van der Waals surface area (Å²) in [7, 11) is 1.52. The number of methoxy groups -OCH3 is 1. The van der Waals surface area contributed by atoms with Crippen molar-refractivity contribution in [3.63, 3.8) is 0 Å². The topological polar surface area (TPSA) is 65.7 Å². The highest BCUT2D eigenvalue weighted by Gasteiger charge is 2.16. The molecule has 0 radical (unpaired) electrons. The van der Waals surface area contributed by atoms with Crippen molar-refractivity contribution in [2.45, 2.75) is 13.8 Å². The molecule has 0 aliphatic carbocycles. The van der Waals surface area contributed by atoms with Gasteiger partial charge in [0.2, 0.25) is 0 Å². The largest absolute Gasteiger partial charge is 0.497 e. The highest BCUT2D eigenvalue weighted by molar-refractivity contribution is 5.94. The minimum Gasteiger partial charge on any atom is -0.497 e. The lowest BCUT2D eigenvalue weighted by Gasteiger charge is -2.07. The Morgan fingerprint density at radius 1 is 0.958 bits per heavy atom. The van der Waals surface area contributed by atoms with E-state index in [4.69, 9.17) is 13.9 Å². The first-order chi connectivity index (χ1) is 11.5. The van der Waals surface area contributed by atoms with Crippen LogP contribution in [0.15, 0.2) is 51.7 Å². The molecule has 0 spiro atoms. The summed E-state index contributed by atoms with van der Waals surface area (Å²) in [5, 5.41) is 0.614. The third kappa shape index (κ3) is 3.15. The number of carbonyl (C=O) groups is 1. The van der Waals surface area contributed by atoms with E-state index in [9.17, 15) is 9.59 Å². The van der Waals surface area contributed by atoms with E-state index in [1.165, 1.54) is 13.2 Å². The zero-order valence-corrected chi connectivity index (χ0v) is 13.6. The molecule has 24 heavy (non-hydrogen) atoms. The number of fused-ring (bicyclic) bond motifs is 1. The molecule has 0 aliphatic heterocycles. The van der Waals surface area contributed by atoms with E-state index in [0.717, 1.165) is 11.1 Å². The minimum absolute atomic E-state index is 0.146. The highest BCUT2D eigenvalue weighted by atomic mass is 16.5. The summed E-state index contributed by atoms with van der Waals surface area (Å²) in [5.41, 5.74) is 1.39. The molecule has 1 heterocycles. The maximum Gasteiger partial charge on any atom is 0.351 e. The maximum absolute atomic E-state index is 12.3. The van der Waals surface area contributed by atoms with Crippen molar-refractivity contribution in [1.82, 2.24) is 0 Å². The quantitative estimate of drug-likeness (QED) is 0.418. The first-order valence-corrected chi connectivity index (χ1v) is 7.38. The number of esters is 1. The predicted molar refractivity (Wildman–Crippen MR) is 89.9 cm³/mol. The second kappa shape index (κ2) is 6.20. The fourth-order valence-electron chi connectivity index (χ4n) is 2.51. The number of hydrogen-bond donors (Lipinski definition) is 0. The molecule has 0 bridgehead atoms. The molecule has 0 saturated carbocycles. The monoisotopic (exact) mass is 324 g/mol. The van der Waals surface area contributed by atoms with Crippen molar-refractivity contribution < 1.29 is 18.7 Å². The van der Waals surface area contributed by atoms with Gasteiger partial charge in [-0.2, -0.15) is 0 Å². The Hall–Kier alpha value is -3.08. The van der Waals surface area contributed by atoms with Crippen molar-refractivity contribution in [1.29, 1.82) is 0 Å². The van der Waals surface area contributed by atoms with E-state index in [1.54, 1.807) is 30.3 Å². The van der Waals surface area contributed by atoms with Crippen molar-refractivity contribution in [2.24, 2.45) is 0 Å². The molecule has 122 valence electrons. The van der Waals surface area contributed by atoms with Gasteiger partial charge in [0.25, 0.3) is 0 Å². The smallest absolute Gasteiger partial charge is 0.351 e. The maximum atomic E-state index is 12.3. The Morgan fingerprint density at radius 2 is 1.67 bits per heavy atom. The van der Waals surface area contributed by atoms with Gasteiger partial charge in [-0.15, -0.1) is 0 Å². The zero-order valence-electron chi connectivity index (χ0n) is 13.6. The van der Waals surface area contributed by atoms with Gasteiger partial charge in [-0.05, 0) is 55.3 Å². The van der Waals surface area contributed by atoms with Crippen LogP contribution in [0, 0.1) is 13.8 Å². The molecule has 0 atom stereocenters. The van der Waals surface area contributed by atoms with Crippen molar-refractivity contribution in [2.75, 3.05) is 7.11 Å². The van der Waals surface area contributed by atoms with Gasteiger partial charge in [-0.1, -0.05) is 6.07 Å². The first kappa shape index (κ1) is 15.8. The second-order valence-electron chi connectivity index (χ2n) is 5.56. The number of hydrogen-bond acceptors (Lipinski definition) is 5. The van der Waals surface area contributed by atoms with Gasteiger partial charge in [0, 0.05) is 11.5 Å². The summed E-state index contributed by atoms with van der Waals surface area (Å²) in [6.45, 7) is 3.81. The van der Waals surface area contributed by atoms with Crippen LogP contribution in [0.25, 0.3) is 11.0 Å². The molecule has 3 rings (SSSR count).